The van der Waals surface area contributed by atoms with Crippen LogP contribution in [-0.2, 0) is 9.13 Å². The van der Waals surface area contributed by atoms with Crippen molar-refractivity contribution in [3.8, 4) is 0 Å². The topological polar surface area (TPSA) is 161 Å². The zero-order valence-electron chi connectivity index (χ0n) is 7.09. The van der Waals surface area contributed by atoms with Crippen LogP contribution in [0.1, 0.15) is 12.8 Å². The molecule has 0 amide bonds. The Morgan fingerprint density at radius 3 is 1.71 bits per heavy atom. The van der Waals surface area contributed by atoms with Crippen LogP contribution in [0.4, 0.5) is 0 Å². The lowest BCUT2D eigenvalue weighted by atomic mass is 10.3. The predicted octanol–water partition coefficient (Wildman–Crippen LogP) is -1.27. The zero-order chi connectivity index (χ0) is 11.6. The van der Waals surface area contributed by atoms with Crippen molar-refractivity contribution in [1.82, 2.24) is 0 Å². The lowest BCUT2D eigenvalue weighted by Crippen LogP contribution is -2.22. The van der Waals surface area contributed by atoms with Crippen molar-refractivity contribution in [2.75, 3.05) is 0 Å². The maximum Gasteiger partial charge on any atom is 0.353 e. The Balaban J connectivity index is 4.09. The molecule has 0 rings (SSSR count). The normalized spacial score (nSPS) is 17.9. The van der Waals surface area contributed by atoms with Crippen molar-refractivity contribution < 1.29 is 33.8 Å². The lowest BCUT2D eigenvalue weighted by Gasteiger charge is -2.16. The first-order valence-corrected chi connectivity index (χ1v) is 6.95. The summed E-state index contributed by atoms with van der Waals surface area (Å²) in [5.41, 5.74) is 5.02. The van der Waals surface area contributed by atoms with Crippen LogP contribution in [0.15, 0.2) is 0 Å². The second-order valence-corrected chi connectivity index (χ2v) is 6.42. The third-order valence-electron chi connectivity index (χ3n) is 1.54. The molecule has 7 N–H and O–H groups in total. The van der Waals surface area contributed by atoms with Crippen molar-refractivity contribution in [3.63, 3.8) is 0 Å². The molecule has 0 aromatic carbocycles. The van der Waals surface area contributed by atoms with Crippen LogP contribution < -0.4 is 5.73 Å². The second-order valence-electron chi connectivity index (χ2n) is 2.80. The highest BCUT2D eigenvalue weighted by Crippen LogP contribution is 2.45. The fourth-order valence-electron chi connectivity index (χ4n) is 0.656. The van der Waals surface area contributed by atoms with E-state index in [1.165, 1.54) is 0 Å². The molecular formula is C4H13NO7P2. The fraction of sp³-hybridized carbons (Fsp3) is 1.00. The van der Waals surface area contributed by atoms with Gasteiger partial charge >= 0.3 is 15.2 Å². The van der Waals surface area contributed by atoms with Crippen molar-refractivity contribution in [3.05, 3.63) is 0 Å². The highest BCUT2D eigenvalue weighted by Gasteiger charge is 2.30. The summed E-state index contributed by atoms with van der Waals surface area (Å²) in [7, 11) is -9.07. The van der Waals surface area contributed by atoms with Crippen LogP contribution in [0, 0.1) is 0 Å². The number of aliphatic hydroxyl groups excluding tert-OH is 1. The van der Waals surface area contributed by atoms with E-state index in [1.54, 1.807) is 0 Å². The molecule has 0 fully saturated rings. The van der Waals surface area contributed by atoms with Gasteiger partial charge in [-0.2, -0.15) is 0 Å². The summed E-state index contributed by atoms with van der Waals surface area (Å²) in [5, 5.41) is 8.83. The van der Waals surface area contributed by atoms with Gasteiger partial charge in [-0.1, -0.05) is 0 Å². The van der Waals surface area contributed by atoms with Crippen molar-refractivity contribution in [1.29, 1.82) is 0 Å². The largest absolute Gasteiger partial charge is 0.380 e. The molecule has 0 spiro atoms. The number of aliphatic hydroxyl groups is 1. The highest BCUT2D eigenvalue weighted by molar-refractivity contribution is 7.52. The Morgan fingerprint density at radius 1 is 1.00 bits per heavy atom. The summed E-state index contributed by atoms with van der Waals surface area (Å²) >= 11 is 0. The van der Waals surface area contributed by atoms with E-state index in [0.29, 0.717) is 0 Å². The zero-order valence-corrected chi connectivity index (χ0v) is 8.88. The minimum Gasteiger partial charge on any atom is -0.380 e. The summed E-state index contributed by atoms with van der Waals surface area (Å²) in [6, 6.07) is 0. The summed E-state index contributed by atoms with van der Waals surface area (Å²) in [4.78, 5) is 33.9. The predicted molar refractivity (Wildman–Crippen MR) is 47.3 cm³/mol. The van der Waals surface area contributed by atoms with E-state index in [0.717, 1.165) is 0 Å². The monoisotopic (exact) mass is 249 g/mol. The lowest BCUT2D eigenvalue weighted by molar-refractivity contribution is 0.190. The van der Waals surface area contributed by atoms with Gasteiger partial charge in [0.15, 0.2) is 5.85 Å². The van der Waals surface area contributed by atoms with E-state index in [1.807, 2.05) is 0 Å². The number of hydrogen-bond donors (Lipinski definition) is 6. The van der Waals surface area contributed by atoms with Gasteiger partial charge in [0.05, 0.1) is 0 Å². The van der Waals surface area contributed by atoms with E-state index >= 15 is 0 Å². The third-order valence-corrected chi connectivity index (χ3v) is 3.70. The van der Waals surface area contributed by atoms with Gasteiger partial charge in [0.25, 0.3) is 0 Å². The molecule has 0 aliphatic carbocycles. The molecular weight excluding hydrogens is 236 g/mol. The van der Waals surface area contributed by atoms with Gasteiger partial charge in [-0.3, -0.25) is 9.13 Å². The Hall–Kier alpha value is 0.220. The van der Waals surface area contributed by atoms with E-state index in [-0.39, 0.29) is 6.42 Å². The van der Waals surface area contributed by atoms with Gasteiger partial charge < -0.3 is 30.4 Å². The van der Waals surface area contributed by atoms with Crippen LogP contribution >= 0.6 is 15.2 Å². The molecule has 0 aromatic rings. The molecule has 2 unspecified atom stereocenters. The first-order valence-electron chi connectivity index (χ1n) is 3.59. The maximum absolute atomic E-state index is 10.5. The Labute approximate surface area is 80.1 Å². The van der Waals surface area contributed by atoms with Crippen LogP contribution in [0.5, 0.6) is 0 Å². The quantitative estimate of drug-likeness (QED) is 0.328. The van der Waals surface area contributed by atoms with E-state index < -0.39 is 33.2 Å². The Morgan fingerprint density at radius 2 is 1.43 bits per heavy atom. The van der Waals surface area contributed by atoms with Crippen LogP contribution in [0.25, 0.3) is 0 Å². The van der Waals surface area contributed by atoms with Crippen LogP contribution in [0.3, 0.4) is 0 Å². The molecule has 10 heteroatoms. The van der Waals surface area contributed by atoms with Gasteiger partial charge in [0.2, 0.25) is 0 Å². The smallest absolute Gasteiger partial charge is 0.353 e. The molecule has 86 valence electrons. The molecule has 0 radical (unpaired) electrons. The molecule has 0 aromatic heterocycles. The van der Waals surface area contributed by atoms with Gasteiger partial charge in [-0.15, -0.1) is 0 Å². The molecule has 0 saturated carbocycles. The number of rotatable bonds is 5. The second kappa shape index (κ2) is 4.83. The molecule has 0 aliphatic rings. The molecule has 0 bridgehead atoms. The fourth-order valence-corrected chi connectivity index (χ4v) is 1.63. The molecule has 0 aliphatic heterocycles. The standard InChI is InChI=1S/C4H13NO7P2/c5-3(13(7,8)9)1-2-4(6)14(10,11)12/h3-4,6H,1-2,5H2,(H2,7,8,9)(H2,10,11,12). The van der Waals surface area contributed by atoms with Crippen molar-refractivity contribution in [2.24, 2.45) is 5.73 Å². The van der Waals surface area contributed by atoms with E-state index in [4.69, 9.17) is 30.4 Å². The van der Waals surface area contributed by atoms with Crippen molar-refractivity contribution >= 4 is 15.2 Å². The molecule has 8 nitrogen and oxygen atoms in total. The number of hydrogen-bond acceptors (Lipinski definition) is 4. The SMILES string of the molecule is NC(CCC(O)P(=O)(O)O)P(=O)(O)O. The Kier molecular flexibility index (Phi) is 4.90. The summed E-state index contributed by atoms with van der Waals surface area (Å²) in [6.45, 7) is 0. The van der Waals surface area contributed by atoms with Gasteiger partial charge in [-0.25, -0.2) is 0 Å². The third kappa shape index (κ3) is 5.19. The summed E-state index contributed by atoms with van der Waals surface area (Å²) in [6.07, 6.45) is -0.826. The van der Waals surface area contributed by atoms with Crippen LogP contribution in [0.2, 0.25) is 0 Å². The maximum atomic E-state index is 10.5. The van der Waals surface area contributed by atoms with E-state index in [2.05, 4.69) is 0 Å². The molecule has 0 saturated heterocycles. The van der Waals surface area contributed by atoms with Crippen LogP contribution in [-0.4, -0.2) is 36.3 Å². The molecule has 0 heterocycles. The minimum absolute atomic E-state index is 0.365. The Bertz CT molecular complexity index is 241. The molecule has 2 atom stereocenters. The number of nitrogens with two attached hydrogens (primary N) is 1. The molecule has 14 heavy (non-hydrogen) atoms. The first-order chi connectivity index (χ1) is 6.05. The van der Waals surface area contributed by atoms with Crippen molar-refractivity contribution in [2.45, 2.75) is 24.5 Å². The van der Waals surface area contributed by atoms with Gasteiger partial charge in [0.1, 0.15) is 5.78 Å². The van der Waals surface area contributed by atoms with Gasteiger partial charge in [0, 0.05) is 0 Å². The summed E-state index contributed by atoms with van der Waals surface area (Å²) in [5.74, 6) is -3.44. The summed E-state index contributed by atoms with van der Waals surface area (Å²) < 4.78 is 20.9. The van der Waals surface area contributed by atoms with E-state index in [9.17, 15) is 9.13 Å². The first kappa shape index (κ1) is 14.2. The van der Waals surface area contributed by atoms with Gasteiger partial charge in [-0.05, 0) is 12.8 Å². The average Bonchev–Trinajstić information content (AvgIpc) is 1.95. The highest BCUT2D eigenvalue weighted by atomic mass is 31.2. The minimum atomic E-state index is -4.62. The average molecular weight is 249 g/mol.